The number of hydrogen-bond donors (Lipinski definition) is 2. The van der Waals surface area contributed by atoms with Crippen LogP contribution < -0.4 is 0 Å². The SMILES string of the molecule is CCC(=O)[C@@H](O)[C@@H]1OC2COC(c3ccccc3)O[C@@H]2[C@H](n2cc(-c3cc(F)c(F)c(F)c3)nn2)C1O. The standard InChI is InChI=1S/C25H24F3N3O6/c1-2-17(32)21(33)24-22(34)20(23-18(36-24)11-35-25(37-23)12-6-4-3-5-7-12)31-10-16(29-30-31)13-8-14(26)19(28)15(27)9-13/h3-10,18,20-25,33-34H,2,11H2,1H3/t18?,20-,21-,22?,23+,24+,25?/m1/s1. The molecule has 0 radical (unpaired) electrons. The van der Waals surface area contributed by atoms with Crippen LogP contribution in [0, 0.1) is 17.5 Å². The molecular formula is C25H24F3N3O6. The molecule has 3 heterocycles. The summed E-state index contributed by atoms with van der Waals surface area (Å²) in [7, 11) is 0. The van der Waals surface area contributed by atoms with Crippen molar-refractivity contribution >= 4 is 5.78 Å². The number of benzene rings is 2. The molecule has 2 aromatic carbocycles. The van der Waals surface area contributed by atoms with Crippen molar-refractivity contribution in [2.75, 3.05) is 6.61 Å². The van der Waals surface area contributed by atoms with Gasteiger partial charge in [-0.25, -0.2) is 17.9 Å². The fourth-order valence-corrected chi connectivity index (χ4v) is 4.64. The average molecular weight is 519 g/mol. The lowest BCUT2D eigenvalue weighted by molar-refractivity contribution is -0.322. The molecule has 0 amide bonds. The lowest BCUT2D eigenvalue weighted by Gasteiger charge is -2.48. The number of aliphatic hydroxyl groups is 2. The highest BCUT2D eigenvalue weighted by molar-refractivity contribution is 5.83. The Kier molecular flexibility index (Phi) is 7.10. The summed E-state index contributed by atoms with van der Waals surface area (Å²) in [6.07, 6.45) is -5.59. The van der Waals surface area contributed by atoms with Crippen LogP contribution >= 0.6 is 0 Å². The Hall–Kier alpha value is -3.16. The first-order valence-electron chi connectivity index (χ1n) is 11.7. The number of carbonyl (C=O) groups excluding carboxylic acids is 1. The van der Waals surface area contributed by atoms with E-state index < -0.39 is 66.1 Å². The van der Waals surface area contributed by atoms with Gasteiger partial charge in [0.15, 0.2) is 29.5 Å². The monoisotopic (exact) mass is 519 g/mol. The van der Waals surface area contributed by atoms with Crippen molar-refractivity contribution in [2.45, 2.75) is 56.2 Å². The third-order valence-electron chi connectivity index (χ3n) is 6.57. The number of hydrogen-bond acceptors (Lipinski definition) is 8. The maximum absolute atomic E-state index is 13.8. The van der Waals surface area contributed by atoms with Crippen molar-refractivity contribution in [1.29, 1.82) is 0 Å². The van der Waals surface area contributed by atoms with E-state index in [0.29, 0.717) is 5.56 Å². The van der Waals surface area contributed by atoms with Gasteiger partial charge >= 0.3 is 0 Å². The van der Waals surface area contributed by atoms with E-state index in [9.17, 15) is 28.2 Å². The van der Waals surface area contributed by atoms with Gasteiger partial charge in [-0.2, -0.15) is 0 Å². The van der Waals surface area contributed by atoms with E-state index >= 15 is 0 Å². The van der Waals surface area contributed by atoms with Crippen LogP contribution in [-0.2, 0) is 19.0 Å². The van der Waals surface area contributed by atoms with Crippen LogP contribution in [0.4, 0.5) is 13.2 Å². The third kappa shape index (κ3) is 4.78. The fourth-order valence-electron chi connectivity index (χ4n) is 4.64. The summed E-state index contributed by atoms with van der Waals surface area (Å²) >= 11 is 0. The second-order valence-corrected chi connectivity index (χ2v) is 8.90. The van der Waals surface area contributed by atoms with Gasteiger partial charge in [0.1, 0.15) is 42.3 Å². The number of halogens is 3. The Morgan fingerprint density at radius 3 is 2.54 bits per heavy atom. The molecule has 2 aliphatic rings. The van der Waals surface area contributed by atoms with Gasteiger partial charge in [-0.3, -0.25) is 4.79 Å². The van der Waals surface area contributed by atoms with Crippen LogP contribution in [0.25, 0.3) is 11.3 Å². The topological polar surface area (TPSA) is 116 Å². The van der Waals surface area contributed by atoms with E-state index in [0.717, 1.165) is 12.1 Å². The second-order valence-electron chi connectivity index (χ2n) is 8.90. The molecule has 2 fully saturated rings. The molecule has 12 heteroatoms. The van der Waals surface area contributed by atoms with E-state index in [1.807, 2.05) is 18.2 Å². The number of carbonyl (C=O) groups is 1. The summed E-state index contributed by atoms with van der Waals surface area (Å²) in [5.41, 5.74) is 0.643. The summed E-state index contributed by atoms with van der Waals surface area (Å²) in [6, 6.07) is 9.58. The zero-order valence-electron chi connectivity index (χ0n) is 19.6. The summed E-state index contributed by atoms with van der Waals surface area (Å²) in [5.74, 6) is -4.93. The number of fused-ring (bicyclic) bond motifs is 1. The Bertz CT molecular complexity index is 1250. The number of aromatic nitrogens is 3. The zero-order chi connectivity index (χ0) is 26.3. The smallest absolute Gasteiger partial charge is 0.194 e. The van der Waals surface area contributed by atoms with Crippen LogP contribution in [0.3, 0.4) is 0 Å². The van der Waals surface area contributed by atoms with E-state index in [2.05, 4.69) is 10.3 Å². The molecule has 1 aromatic heterocycles. The Morgan fingerprint density at radius 1 is 1.16 bits per heavy atom. The molecule has 5 rings (SSSR count). The first-order chi connectivity index (χ1) is 17.8. The minimum atomic E-state index is -1.63. The van der Waals surface area contributed by atoms with Gasteiger partial charge in [-0.1, -0.05) is 42.5 Å². The van der Waals surface area contributed by atoms with E-state index in [1.165, 1.54) is 10.9 Å². The first kappa shape index (κ1) is 25.5. The molecule has 0 bridgehead atoms. The lowest BCUT2D eigenvalue weighted by atomic mass is 9.88. The van der Waals surface area contributed by atoms with E-state index in [4.69, 9.17) is 14.2 Å². The first-order valence-corrected chi connectivity index (χ1v) is 11.7. The second kappa shape index (κ2) is 10.3. The summed E-state index contributed by atoms with van der Waals surface area (Å²) in [6.45, 7) is 1.59. The Labute approximate surface area is 209 Å². The summed E-state index contributed by atoms with van der Waals surface area (Å²) in [4.78, 5) is 12.2. The number of rotatable bonds is 6. The Morgan fingerprint density at radius 2 is 1.86 bits per heavy atom. The molecule has 2 saturated heterocycles. The molecular weight excluding hydrogens is 495 g/mol. The third-order valence-corrected chi connectivity index (χ3v) is 6.57. The van der Waals surface area contributed by atoms with Crippen LogP contribution in [0.5, 0.6) is 0 Å². The molecule has 37 heavy (non-hydrogen) atoms. The van der Waals surface area contributed by atoms with Crippen LogP contribution in [0.1, 0.15) is 31.2 Å². The van der Waals surface area contributed by atoms with Crippen LogP contribution in [0.15, 0.2) is 48.7 Å². The van der Waals surface area contributed by atoms with Crippen molar-refractivity contribution in [3.63, 3.8) is 0 Å². The molecule has 196 valence electrons. The maximum atomic E-state index is 13.8. The highest BCUT2D eigenvalue weighted by Crippen LogP contribution is 2.40. The number of aliphatic hydroxyl groups excluding tert-OH is 2. The number of Topliss-reactive ketones (excluding diaryl/α,β-unsaturated/α-hetero) is 1. The Balaban J connectivity index is 1.51. The predicted octanol–water partition coefficient (Wildman–Crippen LogP) is 2.49. The molecule has 9 nitrogen and oxygen atoms in total. The number of ketones is 1. The van der Waals surface area contributed by atoms with Crippen molar-refractivity contribution in [3.8, 4) is 11.3 Å². The molecule has 3 aromatic rings. The molecule has 2 N–H and O–H groups in total. The van der Waals surface area contributed by atoms with Gasteiger partial charge in [-0.15, -0.1) is 5.10 Å². The van der Waals surface area contributed by atoms with Crippen molar-refractivity contribution in [3.05, 3.63) is 71.7 Å². The minimum Gasteiger partial charge on any atom is -0.388 e. The number of nitrogens with zero attached hydrogens (tertiary/aromatic N) is 3. The van der Waals surface area contributed by atoms with Gasteiger partial charge < -0.3 is 24.4 Å². The molecule has 0 aliphatic carbocycles. The van der Waals surface area contributed by atoms with Gasteiger partial charge in [0.25, 0.3) is 0 Å². The quantitative estimate of drug-likeness (QED) is 0.478. The molecule has 7 atom stereocenters. The highest BCUT2D eigenvalue weighted by Gasteiger charge is 2.53. The zero-order valence-corrected chi connectivity index (χ0v) is 19.6. The van der Waals surface area contributed by atoms with Gasteiger partial charge in [-0.05, 0) is 12.1 Å². The molecule has 0 saturated carbocycles. The van der Waals surface area contributed by atoms with Gasteiger partial charge in [0.05, 0.1) is 12.8 Å². The summed E-state index contributed by atoms with van der Waals surface area (Å²) in [5, 5.41) is 29.8. The van der Waals surface area contributed by atoms with Gasteiger partial charge in [0.2, 0.25) is 0 Å². The maximum Gasteiger partial charge on any atom is 0.194 e. The summed E-state index contributed by atoms with van der Waals surface area (Å²) < 4.78 is 60.1. The molecule has 2 aliphatic heterocycles. The molecule has 3 unspecified atom stereocenters. The largest absolute Gasteiger partial charge is 0.388 e. The lowest BCUT2D eigenvalue weighted by Crippen LogP contribution is -2.62. The van der Waals surface area contributed by atoms with Crippen molar-refractivity contribution in [1.82, 2.24) is 15.0 Å². The van der Waals surface area contributed by atoms with E-state index in [1.54, 1.807) is 19.1 Å². The normalized spacial score (nSPS) is 28.5. The molecule has 0 spiro atoms. The van der Waals surface area contributed by atoms with Crippen molar-refractivity contribution in [2.24, 2.45) is 0 Å². The van der Waals surface area contributed by atoms with E-state index in [-0.39, 0.29) is 24.3 Å². The predicted molar refractivity (Wildman–Crippen MR) is 120 cm³/mol. The number of ether oxygens (including phenoxy) is 3. The van der Waals surface area contributed by atoms with Crippen molar-refractivity contribution < 1.29 is 42.4 Å². The van der Waals surface area contributed by atoms with Crippen LogP contribution in [-0.4, -0.2) is 68.1 Å². The highest BCUT2D eigenvalue weighted by atomic mass is 19.2. The minimum absolute atomic E-state index is 0.00134. The van der Waals surface area contributed by atoms with Crippen LogP contribution in [0.2, 0.25) is 0 Å². The average Bonchev–Trinajstić information content (AvgIpc) is 3.40. The van der Waals surface area contributed by atoms with Gasteiger partial charge in [0, 0.05) is 17.5 Å². The fraction of sp³-hybridized carbons (Fsp3) is 0.400.